The van der Waals surface area contributed by atoms with Crippen LogP contribution in [-0.2, 0) is 30.4 Å². The number of alkyl carbamates (subject to hydrolysis) is 2. The Hall–Kier alpha value is -3.10. The highest BCUT2D eigenvalue weighted by Crippen LogP contribution is 2.09. The molecule has 32 heavy (non-hydrogen) atoms. The molecule has 0 aliphatic rings. The fourth-order valence-electron chi connectivity index (χ4n) is 2.68. The lowest BCUT2D eigenvalue weighted by atomic mass is 10.0. The van der Waals surface area contributed by atoms with Crippen molar-refractivity contribution in [3.8, 4) is 0 Å². The van der Waals surface area contributed by atoms with Gasteiger partial charge >= 0.3 is 18.2 Å². The molecule has 2 N–H and O–H groups in total. The van der Waals surface area contributed by atoms with Gasteiger partial charge in [0, 0.05) is 6.54 Å². The van der Waals surface area contributed by atoms with Gasteiger partial charge < -0.3 is 24.8 Å². The molecule has 178 valence electrons. The van der Waals surface area contributed by atoms with Gasteiger partial charge in [0.25, 0.3) is 0 Å². The van der Waals surface area contributed by atoms with Crippen molar-refractivity contribution in [2.75, 3.05) is 13.2 Å². The van der Waals surface area contributed by atoms with Crippen molar-refractivity contribution in [1.29, 1.82) is 0 Å². The molecular weight excluding hydrogens is 416 g/mol. The topological polar surface area (TPSA) is 120 Å². The quantitative estimate of drug-likeness (QED) is 0.216. The molecule has 1 aromatic carbocycles. The first-order valence-corrected chi connectivity index (χ1v) is 10.7. The van der Waals surface area contributed by atoms with Crippen LogP contribution in [0.1, 0.15) is 58.9 Å². The van der Waals surface area contributed by atoms with Gasteiger partial charge in [0.15, 0.2) is 5.78 Å². The first-order chi connectivity index (χ1) is 15.1. The first-order valence-electron chi connectivity index (χ1n) is 10.7. The summed E-state index contributed by atoms with van der Waals surface area (Å²) in [6.45, 7) is 7.55. The maximum Gasteiger partial charge on any atom is 0.408 e. The van der Waals surface area contributed by atoms with E-state index in [4.69, 9.17) is 14.2 Å². The Labute approximate surface area is 189 Å². The van der Waals surface area contributed by atoms with Crippen molar-refractivity contribution in [3.63, 3.8) is 0 Å². The van der Waals surface area contributed by atoms with Gasteiger partial charge in [0.05, 0.1) is 12.6 Å². The number of unbranched alkanes of at least 4 members (excludes halogenated alkanes) is 1. The minimum absolute atomic E-state index is 0.0608. The molecule has 9 heteroatoms. The van der Waals surface area contributed by atoms with Gasteiger partial charge in [-0.3, -0.25) is 9.59 Å². The van der Waals surface area contributed by atoms with Crippen molar-refractivity contribution in [2.45, 2.75) is 71.6 Å². The Morgan fingerprint density at radius 2 is 1.66 bits per heavy atom. The molecule has 1 aromatic rings. The molecule has 0 unspecified atom stereocenters. The molecule has 1 atom stereocenters. The summed E-state index contributed by atoms with van der Waals surface area (Å²) in [5.74, 6) is -1.10. The molecule has 2 amide bonds. The summed E-state index contributed by atoms with van der Waals surface area (Å²) in [4.78, 5) is 48.0. The van der Waals surface area contributed by atoms with Crippen molar-refractivity contribution in [2.24, 2.45) is 0 Å². The lowest BCUT2D eigenvalue weighted by Crippen LogP contribution is -2.42. The molecule has 0 saturated carbocycles. The summed E-state index contributed by atoms with van der Waals surface area (Å²) < 4.78 is 15.1. The molecule has 0 aromatic heterocycles. The van der Waals surface area contributed by atoms with Crippen LogP contribution in [0.3, 0.4) is 0 Å². The smallest absolute Gasteiger partial charge is 0.408 e. The Balaban J connectivity index is 2.52. The molecular formula is C23H34N2O7. The van der Waals surface area contributed by atoms with E-state index in [0.717, 1.165) is 5.56 Å². The monoisotopic (exact) mass is 450 g/mol. The maximum absolute atomic E-state index is 12.5. The SMILES string of the molecule is CCOC(=O)CC(=O)[C@H](CCCCNC(=O)OC(C)(C)C)NC(=O)OCc1ccccc1. The van der Waals surface area contributed by atoms with E-state index in [2.05, 4.69) is 10.6 Å². The minimum atomic E-state index is -0.899. The standard InChI is InChI=1S/C23H34N2O7/c1-5-30-20(27)15-19(26)18(13-9-10-14-24-21(28)32-23(2,3)4)25-22(29)31-16-17-11-7-6-8-12-17/h6-8,11-12,18H,5,9-10,13-16H2,1-4H3,(H,24,28)(H,25,29)/t18-/m0/s1. The summed E-state index contributed by atoms with van der Waals surface area (Å²) in [7, 11) is 0. The van der Waals surface area contributed by atoms with Gasteiger partial charge in [-0.25, -0.2) is 9.59 Å². The van der Waals surface area contributed by atoms with E-state index in [0.29, 0.717) is 19.4 Å². The number of benzene rings is 1. The fourth-order valence-corrected chi connectivity index (χ4v) is 2.68. The number of carbonyl (C=O) groups excluding carboxylic acids is 4. The lowest BCUT2D eigenvalue weighted by Gasteiger charge is -2.20. The van der Waals surface area contributed by atoms with Crippen LogP contribution in [0, 0.1) is 0 Å². The van der Waals surface area contributed by atoms with E-state index in [9.17, 15) is 19.2 Å². The normalized spacial score (nSPS) is 11.8. The largest absolute Gasteiger partial charge is 0.466 e. The van der Waals surface area contributed by atoms with Crippen molar-refractivity contribution in [3.05, 3.63) is 35.9 Å². The predicted molar refractivity (Wildman–Crippen MR) is 118 cm³/mol. The second-order valence-corrected chi connectivity index (χ2v) is 8.13. The van der Waals surface area contributed by atoms with Gasteiger partial charge in [-0.05, 0) is 52.5 Å². The molecule has 0 aliphatic carbocycles. The zero-order chi connectivity index (χ0) is 24.0. The number of ketones is 1. The number of amides is 2. The summed E-state index contributed by atoms with van der Waals surface area (Å²) >= 11 is 0. The Morgan fingerprint density at radius 3 is 2.28 bits per heavy atom. The highest BCUT2D eigenvalue weighted by Gasteiger charge is 2.24. The Kier molecular flexibility index (Phi) is 11.8. The van der Waals surface area contributed by atoms with Crippen LogP contribution in [0.25, 0.3) is 0 Å². The lowest BCUT2D eigenvalue weighted by molar-refractivity contribution is -0.146. The molecule has 0 bridgehead atoms. The van der Waals surface area contributed by atoms with E-state index in [-0.39, 0.29) is 19.6 Å². The molecule has 0 radical (unpaired) electrons. The number of Topliss-reactive ketones (excluding diaryl/α,β-unsaturated/α-hetero) is 1. The second kappa shape index (κ2) is 14.1. The molecule has 9 nitrogen and oxygen atoms in total. The molecule has 0 spiro atoms. The number of hydrogen-bond acceptors (Lipinski definition) is 7. The van der Waals surface area contributed by atoms with Crippen LogP contribution in [0.4, 0.5) is 9.59 Å². The Bertz CT molecular complexity index is 744. The third-order valence-corrected chi connectivity index (χ3v) is 4.11. The number of carbonyl (C=O) groups is 4. The van der Waals surface area contributed by atoms with Crippen LogP contribution in [0.5, 0.6) is 0 Å². The second-order valence-electron chi connectivity index (χ2n) is 8.13. The van der Waals surface area contributed by atoms with Gasteiger partial charge in [0.1, 0.15) is 18.6 Å². The van der Waals surface area contributed by atoms with Crippen LogP contribution >= 0.6 is 0 Å². The zero-order valence-electron chi connectivity index (χ0n) is 19.3. The zero-order valence-corrected chi connectivity index (χ0v) is 19.3. The van der Waals surface area contributed by atoms with Crippen molar-refractivity contribution in [1.82, 2.24) is 10.6 Å². The van der Waals surface area contributed by atoms with Gasteiger partial charge in [-0.1, -0.05) is 30.3 Å². The van der Waals surface area contributed by atoms with E-state index in [1.54, 1.807) is 27.7 Å². The fraction of sp³-hybridized carbons (Fsp3) is 0.565. The highest BCUT2D eigenvalue weighted by atomic mass is 16.6. The third kappa shape index (κ3) is 12.6. The van der Waals surface area contributed by atoms with E-state index in [1.165, 1.54) is 0 Å². The number of nitrogens with one attached hydrogen (secondary N) is 2. The number of rotatable bonds is 12. The van der Waals surface area contributed by atoms with Crippen LogP contribution in [-0.4, -0.2) is 48.7 Å². The van der Waals surface area contributed by atoms with Crippen LogP contribution < -0.4 is 10.6 Å². The number of ether oxygens (including phenoxy) is 3. The molecule has 0 fully saturated rings. The van der Waals surface area contributed by atoms with Gasteiger partial charge in [-0.15, -0.1) is 0 Å². The number of esters is 1. The third-order valence-electron chi connectivity index (χ3n) is 4.11. The summed E-state index contributed by atoms with van der Waals surface area (Å²) in [5.41, 5.74) is 0.226. The molecule has 0 saturated heterocycles. The van der Waals surface area contributed by atoms with E-state index >= 15 is 0 Å². The first kappa shape index (κ1) is 26.9. The average Bonchev–Trinajstić information content (AvgIpc) is 2.70. The molecule has 0 heterocycles. The summed E-state index contributed by atoms with van der Waals surface area (Å²) in [5, 5.41) is 5.17. The van der Waals surface area contributed by atoms with Crippen LogP contribution in [0.2, 0.25) is 0 Å². The van der Waals surface area contributed by atoms with E-state index in [1.807, 2.05) is 30.3 Å². The molecule has 1 rings (SSSR count). The number of hydrogen-bond donors (Lipinski definition) is 2. The van der Waals surface area contributed by atoms with Crippen LogP contribution in [0.15, 0.2) is 30.3 Å². The Morgan fingerprint density at radius 1 is 0.969 bits per heavy atom. The summed E-state index contributed by atoms with van der Waals surface area (Å²) in [6, 6.07) is 8.24. The van der Waals surface area contributed by atoms with Gasteiger partial charge in [0.2, 0.25) is 0 Å². The van der Waals surface area contributed by atoms with Gasteiger partial charge in [-0.2, -0.15) is 0 Å². The molecule has 0 aliphatic heterocycles. The highest BCUT2D eigenvalue weighted by molar-refractivity contribution is 5.99. The average molecular weight is 451 g/mol. The summed E-state index contributed by atoms with van der Waals surface area (Å²) in [6.07, 6.45) is -0.336. The minimum Gasteiger partial charge on any atom is -0.466 e. The van der Waals surface area contributed by atoms with Crippen molar-refractivity contribution >= 4 is 23.9 Å². The van der Waals surface area contributed by atoms with E-state index < -0.39 is 42.0 Å². The maximum atomic E-state index is 12.5. The van der Waals surface area contributed by atoms with Crippen molar-refractivity contribution < 1.29 is 33.4 Å². The predicted octanol–water partition coefficient (Wildman–Crippen LogP) is 3.50.